The van der Waals surface area contributed by atoms with Crippen molar-refractivity contribution >= 4 is 23.6 Å². The van der Waals surface area contributed by atoms with Crippen LogP contribution in [0.1, 0.15) is 13.3 Å². The van der Waals surface area contributed by atoms with Crippen LogP contribution < -0.4 is 11.1 Å². The topological polar surface area (TPSA) is 112 Å². The highest BCUT2D eigenvalue weighted by Gasteiger charge is 2.40. The van der Waals surface area contributed by atoms with Crippen molar-refractivity contribution in [3.8, 4) is 0 Å². The van der Waals surface area contributed by atoms with Crippen LogP contribution in [0.2, 0.25) is 0 Å². The number of rotatable bonds is 4. The van der Waals surface area contributed by atoms with Gasteiger partial charge in [-0.25, -0.2) is 9.48 Å². The van der Waals surface area contributed by atoms with Gasteiger partial charge in [0.25, 0.3) is 11.1 Å². The predicted octanol–water partition coefficient (Wildman–Crippen LogP) is -0.699. The van der Waals surface area contributed by atoms with Crippen LogP contribution in [0, 0.1) is 0 Å². The minimum absolute atomic E-state index is 0.232. The number of carboxylic acid groups (broad SMARTS) is 1. The van der Waals surface area contributed by atoms with Crippen LogP contribution in [0.15, 0.2) is 21.7 Å². The predicted molar refractivity (Wildman–Crippen MR) is 76.1 cm³/mol. The van der Waals surface area contributed by atoms with Gasteiger partial charge in [-0.1, -0.05) is 6.92 Å². The quantitative estimate of drug-likeness (QED) is 0.760. The van der Waals surface area contributed by atoms with Crippen LogP contribution in [-0.4, -0.2) is 48.8 Å². The number of hydrogen-bond donors (Lipinski definition) is 2. The third-order valence-electron chi connectivity index (χ3n) is 3.20. The van der Waals surface area contributed by atoms with E-state index in [1.54, 1.807) is 0 Å². The van der Waals surface area contributed by atoms with Crippen molar-refractivity contribution in [1.82, 2.24) is 14.7 Å². The van der Waals surface area contributed by atoms with Crippen LogP contribution >= 0.6 is 11.8 Å². The third-order valence-corrected chi connectivity index (χ3v) is 4.65. The third kappa shape index (κ3) is 3.18. The molecule has 0 spiro atoms. The van der Waals surface area contributed by atoms with Gasteiger partial charge in [0, 0.05) is 17.9 Å². The number of H-pyrrole nitrogens is 1. The van der Waals surface area contributed by atoms with Crippen molar-refractivity contribution in [3.63, 3.8) is 0 Å². The highest BCUT2D eigenvalue weighted by Crippen LogP contribution is 2.31. The Bertz CT molecular complexity index is 667. The molecule has 0 radical (unpaired) electrons. The van der Waals surface area contributed by atoms with E-state index in [4.69, 9.17) is 0 Å². The van der Waals surface area contributed by atoms with Crippen LogP contribution in [0.4, 0.5) is 0 Å². The van der Waals surface area contributed by atoms with Gasteiger partial charge in [0.15, 0.2) is 0 Å². The second kappa shape index (κ2) is 6.17. The molecule has 1 aromatic rings. The number of aromatic amines is 1. The summed E-state index contributed by atoms with van der Waals surface area (Å²) in [4.78, 5) is 47.6. The average molecular weight is 313 g/mol. The molecule has 2 N–H and O–H groups in total. The number of thioether (sulfide) groups is 1. The number of carboxylic acids is 1. The molecule has 1 amide bonds. The van der Waals surface area contributed by atoms with Crippen LogP contribution in [0.25, 0.3) is 0 Å². The Morgan fingerprint density at radius 1 is 1.43 bits per heavy atom. The SMILES string of the molecule is CCC1SCC(C(=O)O)N1C(=O)Cn1[nH]c(=O)ccc1=O. The summed E-state index contributed by atoms with van der Waals surface area (Å²) in [5.41, 5.74) is -1.02. The molecule has 2 atom stereocenters. The van der Waals surface area contributed by atoms with E-state index < -0.39 is 29.0 Å². The second-order valence-electron chi connectivity index (χ2n) is 4.59. The number of aliphatic carboxylic acids is 1. The van der Waals surface area contributed by atoms with E-state index in [1.807, 2.05) is 6.92 Å². The van der Waals surface area contributed by atoms with Gasteiger partial charge in [-0.2, -0.15) is 0 Å². The van der Waals surface area contributed by atoms with Gasteiger partial charge in [0.05, 0.1) is 5.37 Å². The first-order valence-corrected chi connectivity index (χ1v) is 7.44. The molecule has 9 heteroatoms. The van der Waals surface area contributed by atoms with E-state index in [-0.39, 0.29) is 11.9 Å². The number of nitrogens with zero attached hydrogens (tertiary/aromatic N) is 2. The summed E-state index contributed by atoms with van der Waals surface area (Å²) >= 11 is 1.40. The highest BCUT2D eigenvalue weighted by atomic mass is 32.2. The minimum atomic E-state index is -1.07. The largest absolute Gasteiger partial charge is 0.480 e. The molecule has 1 aliphatic rings. The van der Waals surface area contributed by atoms with Crippen LogP contribution in [-0.2, 0) is 16.1 Å². The number of amides is 1. The summed E-state index contributed by atoms with van der Waals surface area (Å²) in [6.07, 6.45) is 0.612. The maximum absolute atomic E-state index is 12.3. The molecule has 2 heterocycles. The Hall–Kier alpha value is -2.03. The molecular weight excluding hydrogens is 298 g/mol. The molecule has 1 aliphatic heterocycles. The summed E-state index contributed by atoms with van der Waals surface area (Å²) in [5, 5.41) is 11.2. The number of carbonyl (C=O) groups excluding carboxylic acids is 1. The molecule has 1 saturated heterocycles. The fraction of sp³-hybridized carbons (Fsp3) is 0.500. The van der Waals surface area contributed by atoms with Crippen molar-refractivity contribution in [1.29, 1.82) is 0 Å². The van der Waals surface area contributed by atoms with Gasteiger partial charge in [-0.15, -0.1) is 11.8 Å². The van der Waals surface area contributed by atoms with Crippen molar-refractivity contribution in [3.05, 3.63) is 32.8 Å². The van der Waals surface area contributed by atoms with Crippen molar-refractivity contribution in [2.75, 3.05) is 5.75 Å². The van der Waals surface area contributed by atoms with E-state index in [0.717, 1.165) is 16.8 Å². The molecule has 0 aromatic carbocycles. The summed E-state index contributed by atoms with van der Waals surface area (Å²) in [7, 11) is 0. The smallest absolute Gasteiger partial charge is 0.327 e. The lowest BCUT2D eigenvalue weighted by atomic mass is 10.2. The maximum Gasteiger partial charge on any atom is 0.327 e. The lowest BCUT2D eigenvalue weighted by molar-refractivity contribution is -0.149. The molecule has 2 rings (SSSR count). The Balaban J connectivity index is 2.25. The summed E-state index contributed by atoms with van der Waals surface area (Å²) < 4.78 is 0.888. The summed E-state index contributed by atoms with van der Waals surface area (Å²) in [6, 6.07) is 1.24. The summed E-state index contributed by atoms with van der Waals surface area (Å²) in [6.45, 7) is 1.48. The number of hydrogen-bond acceptors (Lipinski definition) is 5. The van der Waals surface area contributed by atoms with Crippen molar-refractivity contribution in [2.24, 2.45) is 0 Å². The molecule has 0 aliphatic carbocycles. The molecule has 1 aromatic heterocycles. The van der Waals surface area contributed by atoms with Crippen LogP contribution in [0.3, 0.4) is 0 Å². The second-order valence-corrected chi connectivity index (χ2v) is 5.80. The number of aromatic nitrogens is 2. The van der Waals surface area contributed by atoms with Crippen LogP contribution in [0.5, 0.6) is 0 Å². The lowest BCUT2D eigenvalue weighted by Gasteiger charge is -2.26. The summed E-state index contributed by atoms with van der Waals surface area (Å²) in [5.74, 6) is -1.25. The first kappa shape index (κ1) is 15.4. The molecular formula is C12H15N3O5S. The van der Waals surface area contributed by atoms with E-state index in [0.29, 0.717) is 12.2 Å². The average Bonchev–Trinajstić information content (AvgIpc) is 2.87. The Labute approximate surface area is 123 Å². The van der Waals surface area contributed by atoms with Gasteiger partial charge in [-0.3, -0.25) is 19.5 Å². The normalized spacial score (nSPS) is 21.5. The molecule has 1 fully saturated rings. The van der Waals surface area contributed by atoms with Gasteiger partial charge in [0.1, 0.15) is 12.6 Å². The van der Waals surface area contributed by atoms with E-state index >= 15 is 0 Å². The molecule has 21 heavy (non-hydrogen) atoms. The van der Waals surface area contributed by atoms with Gasteiger partial charge in [-0.05, 0) is 6.42 Å². The fourth-order valence-electron chi connectivity index (χ4n) is 2.20. The number of nitrogens with one attached hydrogen (secondary N) is 1. The van der Waals surface area contributed by atoms with Crippen molar-refractivity contribution < 1.29 is 14.7 Å². The van der Waals surface area contributed by atoms with Gasteiger partial charge < -0.3 is 10.0 Å². The Kier molecular flexibility index (Phi) is 4.51. The molecule has 8 nitrogen and oxygen atoms in total. The minimum Gasteiger partial charge on any atom is -0.480 e. The first-order chi connectivity index (χ1) is 9.93. The van der Waals surface area contributed by atoms with Gasteiger partial charge >= 0.3 is 5.97 Å². The molecule has 114 valence electrons. The monoisotopic (exact) mass is 313 g/mol. The van der Waals surface area contributed by atoms with E-state index in [1.165, 1.54) is 16.7 Å². The first-order valence-electron chi connectivity index (χ1n) is 6.39. The zero-order valence-electron chi connectivity index (χ0n) is 11.3. The Morgan fingerprint density at radius 2 is 2.14 bits per heavy atom. The van der Waals surface area contributed by atoms with Gasteiger partial charge in [0.2, 0.25) is 5.91 Å². The maximum atomic E-state index is 12.3. The number of carbonyl (C=O) groups is 2. The highest BCUT2D eigenvalue weighted by molar-refractivity contribution is 8.00. The van der Waals surface area contributed by atoms with Crippen molar-refractivity contribution in [2.45, 2.75) is 31.3 Å². The Morgan fingerprint density at radius 3 is 2.76 bits per heavy atom. The van der Waals surface area contributed by atoms with E-state index in [2.05, 4.69) is 5.10 Å². The lowest BCUT2D eigenvalue weighted by Crippen LogP contribution is -2.48. The fourth-order valence-corrected chi connectivity index (χ4v) is 3.57. The zero-order valence-corrected chi connectivity index (χ0v) is 12.1. The van der Waals surface area contributed by atoms with E-state index in [9.17, 15) is 24.3 Å². The standard InChI is InChI=1S/C12H15N3O5S/c1-2-11-15(7(6-21-11)12(19)20)10(18)5-14-9(17)4-3-8(16)13-14/h3-4,7,11H,2,5-6H2,1H3,(H,13,16)(H,19,20). The zero-order chi connectivity index (χ0) is 15.6. The molecule has 0 saturated carbocycles. The molecule has 2 unspecified atom stereocenters. The molecule has 0 bridgehead atoms.